The molecule has 1 amide bonds. The topological polar surface area (TPSA) is 137 Å². The number of allylic oxidation sites excluding steroid dienone is 2. The normalized spacial score (nSPS) is 25.8. The molecule has 2 aromatic rings. The third-order valence-electron chi connectivity index (χ3n) is 10.4. The minimum absolute atomic E-state index is 0.0739. The summed E-state index contributed by atoms with van der Waals surface area (Å²) in [7, 11) is 0. The number of nitrogens with zero attached hydrogens (tertiary/aromatic N) is 4. The Morgan fingerprint density at radius 2 is 1.91 bits per heavy atom. The van der Waals surface area contributed by atoms with E-state index in [0.717, 1.165) is 68.5 Å². The van der Waals surface area contributed by atoms with E-state index in [2.05, 4.69) is 31.8 Å². The summed E-state index contributed by atoms with van der Waals surface area (Å²) in [4.78, 5) is 38.7. The molecule has 4 N–H and O–H groups in total. The molecule has 2 fully saturated rings. The number of nitrogens with two attached hydrogens (primary N) is 1. The maximum atomic E-state index is 12.7. The van der Waals surface area contributed by atoms with Gasteiger partial charge in [-0.2, -0.15) is 0 Å². The molecule has 4 heterocycles. The molecule has 10 nitrogen and oxygen atoms in total. The number of unbranched alkanes of at least 4 members (excludes halogenated alkanes) is 3. The molecule has 0 spiro atoms. The molecule has 2 saturated heterocycles. The lowest BCUT2D eigenvalue weighted by atomic mass is 9.88. The van der Waals surface area contributed by atoms with E-state index in [1.807, 2.05) is 46.2 Å². The van der Waals surface area contributed by atoms with Crippen LogP contribution in [0.2, 0.25) is 0 Å². The van der Waals surface area contributed by atoms with Gasteiger partial charge in [-0.25, -0.2) is 9.79 Å². The van der Waals surface area contributed by atoms with E-state index in [1.54, 1.807) is 0 Å². The van der Waals surface area contributed by atoms with Crippen molar-refractivity contribution in [3.05, 3.63) is 60.5 Å². The Morgan fingerprint density at radius 1 is 1.13 bits per heavy atom. The van der Waals surface area contributed by atoms with Crippen molar-refractivity contribution in [3.8, 4) is 0 Å². The Labute approximate surface area is 277 Å². The first-order valence-corrected chi connectivity index (χ1v) is 17.2. The van der Waals surface area contributed by atoms with Crippen molar-refractivity contribution < 1.29 is 19.1 Å². The second kappa shape index (κ2) is 14.2. The summed E-state index contributed by atoms with van der Waals surface area (Å²) >= 11 is 0. The van der Waals surface area contributed by atoms with Crippen molar-refractivity contribution in [2.75, 3.05) is 19.6 Å². The maximum Gasteiger partial charge on any atom is 0.326 e. The van der Waals surface area contributed by atoms with Gasteiger partial charge in [-0.05, 0) is 62.1 Å². The summed E-state index contributed by atoms with van der Waals surface area (Å²) in [5.41, 5.74) is 9.23. The molecule has 6 rings (SSSR count). The van der Waals surface area contributed by atoms with Crippen molar-refractivity contribution in [2.45, 2.75) is 83.7 Å². The average molecular weight is 641 g/mol. The second-order valence-electron chi connectivity index (χ2n) is 13.7. The standard InChI is InChI=1S/C37H48N6O4/c1-23-18-19-42(21-24(23)2)33(44)17-7-5-4-6-16-32(38)41-34-27-12-8-11-15-31(27)47-35(34)25(3)43-22-26(20-30(43)37(45)46)36-39-28-13-9-10-14-29(28)40-36/h8-13,15,23-24,26,29-30H,3-7,14,16-22H2,1-2H3,(H2,38,41)(H,39,40)(H,45,46)/t23?,24-,26?,29?,30?/m0/s1. The summed E-state index contributed by atoms with van der Waals surface area (Å²) in [5.74, 6) is 2.29. The van der Waals surface area contributed by atoms with Gasteiger partial charge in [0.05, 0.1) is 17.6 Å². The van der Waals surface area contributed by atoms with E-state index in [1.165, 1.54) is 0 Å². The van der Waals surface area contributed by atoms with Gasteiger partial charge in [-0.1, -0.05) is 57.6 Å². The molecular formula is C37H48N6O4. The molecule has 4 aliphatic rings. The number of carbonyl (C=O) groups is 2. The average Bonchev–Trinajstić information content (AvgIpc) is 3.79. The predicted molar refractivity (Wildman–Crippen MR) is 186 cm³/mol. The number of aliphatic imine (C=N–C) groups is 2. The highest BCUT2D eigenvalue weighted by molar-refractivity contribution is 5.99. The van der Waals surface area contributed by atoms with E-state index in [4.69, 9.17) is 20.1 Å². The van der Waals surface area contributed by atoms with E-state index in [9.17, 15) is 14.7 Å². The molecule has 3 aliphatic heterocycles. The fraction of sp³-hybridized carbons (Fsp3) is 0.514. The molecule has 1 aromatic carbocycles. The number of likely N-dealkylation sites (tertiary alicyclic amines) is 2. The van der Waals surface area contributed by atoms with Crippen LogP contribution in [0.4, 0.5) is 5.69 Å². The molecule has 250 valence electrons. The number of hydrogen-bond donors (Lipinski definition) is 3. The van der Waals surface area contributed by atoms with E-state index in [-0.39, 0.29) is 17.9 Å². The molecular weight excluding hydrogens is 592 g/mol. The molecule has 47 heavy (non-hydrogen) atoms. The number of benzene rings is 1. The fourth-order valence-corrected chi connectivity index (χ4v) is 7.24. The number of carboxylic acid groups (broad SMARTS) is 1. The number of rotatable bonds is 12. The third-order valence-corrected chi connectivity index (χ3v) is 10.4. The van der Waals surface area contributed by atoms with E-state index >= 15 is 0 Å². The molecule has 4 unspecified atom stereocenters. The lowest BCUT2D eigenvalue weighted by molar-refractivity contribution is -0.141. The van der Waals surface area contributed by atoms with Gasteiger partial charge in [0, 0.05) is 49.5 Å². The second-order valence-corrected chi connectivity index (χ2v) is 13.7. The van der Waals surface area contributed by atoms with Crippen molar-refractivity contribution in [1.82, 2.24) is 15.1 Å². The zero-order valence-electron chi connectivity index (χ0n) is 27.7. The number of piperidine rings is 1. The highest BCUT2D eigenvalue weighted by Gasteiger charge is 2.43. The first-order chi connectivity index (χ1) is 22.7. The molecule has 1 aliphatic carbocycles. The summed E-state index contributed by atoms with van der Waals surface area (Å²) in [5, 5.41) is 14.5. The molecule has 0 bridgehead atoms. The smallest absolute Gasteiger partial charge is 0.326 e. The Morgan fingerprint density at radius 3 is 2.68 bits per heavy atom. The van der Waals surface area contributed by atoms with Crippen LogP contribution in [-0.2, 0) is 9.59 Å². The number of hydrogen-bond acceptors (Lipinski definition) is 7. The Hall–Kier alpha value is -4.34. The third kappa shape index (κ3) is 7.16. The number of amides is 1. The quantitative estimate of drug-likeness (QED) is 0.142. The molecule has 0 radical (unpaired) electrons. The first kappa shape index (κ1) is 32.6. The highest BCUT2D eigenvalue weighted by Crippen LogP contribution is 2.41. The van der Waals surface area contributed by atoms with Gasteiger partial charge in [0.1, 0.15) is 23.1 Å². The van der Waals surface area contributed by atoms with Crippen molar-refractivity contribution >= 4 is 45.9 Å². The zero-order chi connectivity index (χ0) is 33.1. The summed E-state index contributed by atoms with van der Waals surface area (Å²) in [6.45, 7) is 11.1. The summed E-state index contributed by atoms with van der Waals surface area (Å²) < 4.78 is 6.29. The lowest BCUT2D eigenvalue weighted by Gasteiger charge is -2.35. The van der Waals surface area contributed by atoms with Gasteiger partial charge < -0.3 is 30.4 Å². The van der Waals surface area contributed by atoms with Crippen molar-refractivity contribution in [3.63, 3.8) is 0 Å². The summed E-state index contributed by atoms with van der Waals surface area (Å²) in [6.07, 6.45) is 13.4. The van der Waals surface area contributed by atoms with Gasteiger partial charge in [0.25, 0.3) is 0 Å². The van der Waals surface area contributed by atoms with Crippen LogP contribution in [-0.4, -0.2) is 70.2 Å². The number of nitrogens with one attached hydrogen (secondary N) is 1. The number of para-hydroxylation sites is 1. The van der Waals surface area contributed by atoms with Crippen LogP contribution in [0.15, 0.2) is 69.2 Å². The van der Waals surface area contributed by atoms with Crippen LogP contribution in [0, 0.1) is 17.8 Å². The van der Waals surface area contributed by atoms with Crippen LogP contribution in [0.25, 0.3) is 16.7 Å². The SMILES string of the molecule is C=C(c1oc2ccccc2c1N=C(N)CCCCCCC(=O)N1CCC(C)[C@@H](C)C1)N1CC(C2=NC3CC=CC=C3N2)CC1C(=O)O. The summed E-state index contributed by atoms with van der Waals surface area (Å²) in [6, 6.07) is 6.92. The lowest BCUT2D eigenvalue weighted by Crippen LogP contribution is -2.42. The fourth-order valence-electron chi connectivity index (χ4n) is 7.24. The van der Waals surface area contributed by atoms with Gasteiger partial charge >= 0.3 is 5.97 Å². The largest absolute Gasteiger partial charge is 0.480 e. The molecule has 10 heteroatoms. The number of carboxylic acids is 1. The number of fused-ring (bicyclic) bond motifs is 2. The molecule has 1 aromatic heterocycles. The van der Waals surface area contributed by atoms with E-state index < -0.39 is 12.0 Å². The van der Waals surface area contributed by atoms with Gasteiger partial charge in [-0.15, -0.1) is 0 Å². The van der Waals surface area contributed by atoms with Crippen LogP contribution in [0.3, 0.4) is 0 Å². The minimum atomic E-state index is -0.909. The first-order valence-electron chi connectivity index (χ1n) is 17.2. The molecule has 0 saturated carbocycles. The van der Waals surface area contributed by atoms with Crippen LogP contribution in [0.1, 0.15) is 77.4 Å². The monoisotopic (exact) mass is 640 g/mol. The van der Waals surface area contributed by atoms with Gasteiger partial charge in [0.15, 0.2) is 5.76 Å². The van der Waals surface area contributed by atoms with E-state index in [0.29, 0.717) is 66.2 Å². The number of aliphatic carboxylic acids is 1. The van der Waals surface area contributed by atoms with Crippen LogP contribution < -0.4 is 11.1 Å². The number of furan rings is 1. The minimum Gasteiger partial charge on any atom is -0.480 e. The van der Waals surface area contributed by atoms with Crippen LogP contribution >= 0.6 is 0 Å². The predicted octanol–water partition coefficient (Wildman–Crippen LogP) is 6.23. The molecule has 5 atom stereocenters. The maximum absolute atomic E-state index is 12.7. The number of carbonyl (C=O) groups excluding carboxylic acids is 1. The Bertz CT molecular complexity index is 1640. The van der Waals surface area contributed by atoms with Crippen LogP contribution in [0.5, 0.6) is 0 Å². The number of amidine groups is 2. The highest BCUT2D eigenvalue weighted by atomic mass is 16.4. The van der Waals surface area contributed by atoms with Crippen molar-refractivity contribution in [1.29, 1.82) is 0 Å². The zero-order valence-corrected chi connectivity index (χ0v) is 27.7. The Balaban J connectivity index is 1.09. The Kier molecular flexibility index (Phi) is 9.84. The van der Waals surface area contributed by atoms with Gasteiger partial charge in [-0.3, -0.25) is 9.79 Å². The van der Waals surface area contributed by atoms with Gasteiger partial charge in [0.2, 0.25) is 5.91 Å². The van der Waals surface area contributed by atoms with Crippen molar-refractivity contribution in [2.24, 2.45) is 33.5 Å².